The minimum absolute atomic E-state index is 1.13. The Morgan fingerprint density at radius 3 is 1.23 bits per heavy atom. The summed E-state index contributed by atoms with van der Waals surface area (Å²) in [5.74, 6) is 0. The smallest absolute Gasteiger partial charge is 0.0346 e. The number of hydrogen-bond donors (Lipinski definition) is 0. The van der Waals surface area contributed by atoms with Crippen LogP contribution in [0.25, 0.3) is 108 Å². The molecule has 0 atom stereocenters. The van der Waals surface area contributed by atoms with Gasteiger partial charge in [-0.2, -0.15) is 0 Å². The van der Waals surface area contributed by atoms with Gasteiger partial charge in [-0.05, 0) is 121 Å². The molecule has 0 radical (unpaired) electrons. The lowest BCUT2D eigenvalue weighted by atomic mass is 9.83. The zero-order valence-corrected chi connectivity index (χ0v) is 26.0. The normalized spacial score (nSPS) is 12.2. The van der Waals surface area contributed by atoms with Crippen LogP contribution in [0.5, 0.6) is 0 Å². The standard InChI is InChI=1S/C47H27N/c1-3-15-36-34(13-1)42(32-12-8-24-48-27-32)35-14-2-4-16-37(35)43(36)33-25-31-23-22-30-10-6-18-39-38-17-5-9-28-20-21-29-11-7-19-40(46(29)44(28)38)41(26-33)47(31)45(30)39/h1-27H. The molecular formula is C47H27N. The summed E-state index contributed by atoms with van der Waals surface area (Å²) < 4.78 is 0. The fraction of sp³-hybridized carbons (Fsp3) is 0. The zero-order valence-electron chi connectivity index (χ0n) is 26.0. The molecule has 1 nitrogen and oxygen atoms in total. The highest BCUT2D eigenvalue weighted by molar-refractivity contribution is 6.37. The lowest BCUT2D eigenvalue weighted by Crippen LogP contribution is -1.92. The minimum Gasteiger partial charge on any atom is -0.264 e. The molecule has 0 bridgehead atoms. The summed E-state index contributed by atoms with van der Waals surface area (Å²) in [5, 5.41) is 20.6. The molecule has 0 unspecified atom stereocenters. The molecule has 220 valence electrons. The van der Waals surface area contributed by atoms with Crippen LogP contribution in [0.1, 0.15) is 0 Å². The molecule has 0 saturated heterocycles. The van der Waals surface area contributed by atoms with Crippen LogP contribution >= 0.6 is 0 Å². The van der Waals surface area contributed by atoms with Gasteiger partial charge >= 0.3 is 0 Å². The second-order valence-corrected chi connectivity index (χ2v) is 13.0. The molecule has 0 aliphatic heterocycles. The Morgan fingerprint density at radius 1 is 0.292 bits per heavy atom. The molecule has 1 heterocycles. The Morgan fingerprint density at radius 2 is 0.729 bits per heavy atom. The third kappa shape index (κ3) is 3.43. The van der Waals surface area contributed by atoms with E-state index in [0.717, 1.165) is 5.56 Å². The van der Waals surface area contributed by atoms with E-state index in [9.17, 15) is 0 Å². The van der Waals surface area contributed by atoms with E-state index < -0.39 is 0 Å². The van der Waals surface area contributed by atoms with Crippen molar-refractivity contribution in [2.75, 3.05) is 0 Å². The number of hydrogen-bond acceptors (Lipinski definition) is 1. The predicted molar refractivity (Wildman–Crippen MR) is 206 cm³/mol. The molecular weight excluding hydrogens is 579 g/mol. The predicted octanol–water partition coefficient (Wildman–Crippen LogP) is 13.1. The van der Waals surface area contributed by atoms with Gasteiger partial charge in [0.05, 0.1) is 0 Å². The average Bonchev–Trinajstić information content (AvgIpc) is 3.15. The fourth-order valence-corrected chi connectivity index (χ4v) is 8.69. The van der Waals surface area contributed by atoms with Gasteiger partial charge in [0.1, 0.15) is 0 Å². The summed E-state index contributed by atoms with van der Waals surface area (Å²) in [5.41, 5.74) is 4.87. The molecule has 11 aromatic rings. The SMILES string of the molecule is c1cncc(-c2c3ccccc3c(-c3cc4ccc5cccc6c7cccc8ccc9cccc(c(c3)c4c56)c9c87)c3ccccc23)c1. The van der Waals surface area contributed by atoms with Crippen LogP contribution in [-0.2, 0) is 0 Å². The summed E-state index contributed by atoms with van der Waals surface area (Å²) in [6.45, 7) is 0. The maximum absolute atomic E-state index is 4.51. The van der Waals surface area contributed by atoms with E-state index in [1.165, 1.54) is 103 Å². The van der Waals surface area contributed by atoms with E-state index in [1.54, 1.807) is 0 Å². The highest BCUT2D eigenvalue weighted by Gasteiger charge is 2.20. The molecule has 0 N–H and O–H groups in total. The minimum atomic E-state index is 1.13. The van der Waals surface area contributed by atoms with Crippen LogP contribution < -0.4 is 0 Å². The van der Waals surface area contributed by atoms with Crippen molar-refractivity contribution in [2.24, 2.45) is 0 Å². The fourth-order valence-electron chi connectivity index (χ4n) is 8.69. The Labute approximate surface area is 276 Å². The van der Waals surface area contributed by atoms with E-state index in [2.05, 4.69) is 151 Å². The number of pyridine rings is 1. The van der Waals surface area contributed by atoms with Gasteiger partial charge in [-0.15, -0.1) is 0 Å². The third-order valence-electron chi connectivity index (χ3n) is 10.6. The van der Waals surface area contributed by atoms with E-state index in [0.29, 0.717) is 0 Å². The first kappa shape index (κ1) is 25.8. The summed E-state index contributed by atoms with van der Waals surface area (Å²) in [6, 6.07) is 56.5. The summed E-state index contributed by atoms with van der Waals surface area (Å²) in [4.78, 5) is 4.51. The Bertz CT molecular complexity index is 3040. The first-order valence-corrected chi connectivity index (χ1v) is 16.6. The second-order valence-electron chi connectivity index (χ2n) is 13.0. The second kappa shape index (κ2) is 9.61. The largest absolute Gasteiger partial charge is 0.264 e. The molecule has 10 aromatic carbocycles. The highest BCUT2D eigenvalue weighted by atomic mass is 14.6. The molecule has 11 rings (SSSR count). The van der Waals surface area contributed by atoms with Gasteiger partial charge in [0.25, 0.3) is 0 Å². The molecule has 0 spiro atoms. The Kier molecular flexibility index (Phi) is 5.17. The summed E-state index contributed by atoms with van der Waals surface area (Å²) >= 11 is 0. The first-order chi connectivity index (χ1) is 23.8. The molecule has 1 heteroatoms. The molecule has 0 aliphatic carbocycles. The lowest BCUT2D eigenvalue weighted by molar-refractivity contribution is 1.33. The van der Waals surface area contributed by atoms with Gasteiger partial charge in [-0.25, -0.2) is 0 Å². The van der Waals surface area contributed by atoms with Crippen molar-refractivity contribution in [1.82, 2.24) is 4.98 Å². The molecule has 0 fully saturated rings. The maximum Gasteiger partial charge on any atom is 0.0346 e. The van der Waals surface area contributed by atoms with Gasteiger partial charge in [0.15, 0.2) is 0 Å². The van der Waals surface area contributed by atoms with Gasteiger partial charge in [-0.3, -0.25) is 4.98 Å². The summed E-state index contributed by atoms with van der Waals surface area (Å²) in [6.07, 6.45) is 3.84. The van der Waals surface area contributed by atoms with E-state index in [4.69, 9.17) is 0 Å². The van der Waals surface area contributed by atoms with Crippen molar-refractivity contribution in [3.63, 3.8) is 0 Å². The lowest BCUT2D eigenvalue weighted by Gasteiger charge is -2.20. The van der Waals surface area contributed by atoms with Crippen molar-refractivity contribution >= 4 is 86.2 Å². The summed E-state index contributed by atoms with van der Waals surface area (Å²) in [7, 11) is 0. The number of nitrogens with zero attached hydrogens (tertiary/aromatic N) is 1. The van der Waals surface area contributed by atoms with Crippen molar-refractivity contribution in [3.05, 3.63) is 164 Å². The maximum atomic E-state index is 4.51. The highest BCUT2D eigenvalue weighted by Crippen LogP contribution is 2.47. The number of aromatic nitrogens is 1. The van der Waals surface area contributed by atoms with Crippen LogP contribution in [-0.4, -0.2) is 4.98 Å². The van der Waals surface area contributed by atoms with Crippen molar-refractivity contribution in [2.45, 2.75) is 0 Å². The Hall–Kier alpha value is -6.31. The topological polar surface area (TPSA) is 12.9 Å². The average molecular weight is 606 g/mol. The number of rotatable bonds is 2. The third-order valence-corrected chi connectivity index (χ3v) is 10.6. The van der Waals surface area contributed by atoms with Crippen LogP contribution in [0.3, 0.4) is 0 Å². The molecule has 1 aromatic heterocycles. The van der Waals surface area contributed by atoms with Gasteiger partial charge in [-0.1, -0.05) is 133 Å². The number of benzene rings is 9. The Balaban J connectivity index is 1.40. The quantitative estimate of drug-likeness (QED) is 0.141. The van der Waals surface area contributed by atoms with Crippen molar-refractivity contribution in [1.29, 1.82) is 0 Å². The van der Waals surface area contributed by atoms with E-state index in [1.807, 2.05) is 18.5 Å². The molecule has 0 amide bonds. The first-order valence-electron chi connectivity index (χ1n) is 16.6. The molecule has 0 saturated carbocycles. The van der Waals surface area contributed by atoms with Crippen LogP contribution in [0.4, 0.5) is 0 Å². The van der Waals surface area contributed by atoms with Crippen LogP contribution in [0.2, 0.25) is 0 Å². The van der Waals surface area contributed by atoms with Gasteiger partial charge < -0.3 is 0 Å². The monoisotopic (exact) mass is 605 g/mol. The molecule has 48 heavy (non-hydrogen) atoms. The van der Waals surface area contributed by atoms with Gasteiger partial charge in [0, 0.05) is 18.0 Å². The van der Waals surface area contributed by atoms with Crippen molar-refractivity contribution in [3.8, 4) is 22.3 Å². The molecule has 0 aliphatic rings. The number of fused-ring (bicyclic) bond motifs is 4. The van der Waals surface area contributed by atoms with E-state index >= 15 is 0 Å². The van der Waals surface area contributed by atoms with Crippen LogP contribution in [0, 0.1) is 0 Å². The zero-order chi connectivity index (χ0) is 31.3. The van der Waals surface area contributed by atoms with E-state index in [-0.39, 0.29) is 0 Å². The van der Waals surface area contributed by atoms with Gasteiger partial charge in [0.2, 0.25) is 0 Å². The van der Waals surface area contributed by atoms with Crippen LogP contribution in [0.15, 0.2) is 164 Å². The van der Waals surface area contributed by atoms with Crippen molar-refractivity contribution < 1.29 is 0 Å².